The van der Waals surface area contributed by atoms with Gasteiger partial charge in [-0.05, 0) is 6.42 Å². The monoisotopic (exact) mass is 229 g/mol. The van der Waals surface area contributed by atoms with Crippen LogP contribution >= 0.6 is 0 Å². The molecule has 0 aromatic rings. The lowest BCUT2D eigenvalue weighted by molar-refractivity contribution is -0.139. The maximum atomic E-state index is 11.2. The first-order valence-corrected chi connectivity index (χ1v) is 4.60. The predicted octanol–water partition coefficient (Wildman–Crippen LogP) is -0.939. The number of likely N-dealkylation sites (N-methyl/N-ethyl adjacent to an activating group) is 1. The summed E-state index contributed by atoms with van der Waals surface area (Å²) >= 11 is 0. The van der Waals surface area contributed by atoms with Crippen molar-refractivity contribution in [2.75, 3.05) is 13.6 Å². The highest BCUT2D eigenvalue weighted by Crippen LogP contribution is 1.92. The van der Waals surface area contributed by atoms with Crippen molar-refractivity contribution >= 4 is 17.9 Å². The van der Waals surface area contributed by atoms with Crippen LogP contribution in [0.2, 0.25) is 0 Å². The van der Waals surface area contributed by atoms with Crippen LogP contribution in [0.1, 0.15) is 6.42 Å². The highest BCUT2D eigenvalue weighted by atomic mass is 16.4. The molecule has 0 saturated carbocycles. The number of hydrogen-bond donors (Lipinski definition) is 4. The summed E-state index contributed by atoms with van der Waals surface area (Å²) in [4.78, 5) is 32.6. The molecule has 90 valence electrons. The van der Waals surface area contributed by atoms with Gasteiger partial charge in [0.15, 0.2) is 0 Å². The van der Waals surface area contributed by atoms with Crippen LogP contribution in [0.15, 0.2) is 12.7 Å². The number of carboxylic acids is 1. The smallest absolute Gasteiger partial charge is 0.326 e. The first-order valence-electron chi connectivity index (χ1n) is 4.60. The summed E-state index contributed by atoms with van der Waals surface area (Å²) in [5, 5.41) is 15.4. The molecule has 0 aliphatic rings. The molecule has 0 aliphatic carbocycles. The van der Waals surface area contributed by atoms with Crippen molar-refractivity contribution in [2.24, 2.45) is 0 Å². The fourth-order valence-electron chi connectivity index (χ4n) is 0.846. The fourth-order valence-corrected chi connectivity index (χ4v) is 0.846. The van der Waals surface area contributed by atoms with Gasteiger partial charge in [0.1, 0.15) is 6.04 Å². The quantitative estimate of drug-likeness (QED) is 0.441. The standard InChI is InChI=1S/C9H15N3O4/c1-3-4-6(8(14)15)12-9(16)11-5-7(13)10-2/h3,6H,1,4-5H2,2H3,(H,10,13)(H,14,15)(H2,11,12,16). The van der Waals surface area contributed by atoms with E-state index in [1.807, 2.05) is 0 Å². The first kappa shape index (κ1) is 13.9. The summed E-state index contributed by atoms with van der Waals surface area (Å²) in [5.41, 5.74) is 0. The second-order valence-electron chi connectivity index (χ2n) is 2.92. The Morgan fingerprint density at radius 1 is 1.44 bits per heavy atom. The number of carbonyl (C=O) groups excluding carboxylic acids is 2. The molecule has 3 amide bonds. The number of carboxylic acid groups (broad SMARTS) is 1. The minimum absolute atomic E-state index is 0.114. The summed E-state index contributed by atoms with van der Waals surface area (Å²) < 4.78 is 0. The van der Waals surface area contributed by atoms with Crippen molar-refractivity contribution in [3.63, 3.8) is 0 Å². The maximum absolute atomic E-state index is 11.2. The largest absolute Gasteiger partial charge is 0.480 e. The molecule has 0 bridgehead atoms. The van der Waals surface area contributed by atoms with Crippen molar-refractivity contribution in [1.29, 1.82) is 0 Å². The summed E-state index contributed by atoms with van der Waals surface area (Å²) in [5.74, 6) is -1.53. The zero-order chi connectivity index (χ0) is 12.6. The normalized spacial score (nSPS) is 11.1. The minimum Gasteiger partial charge on any atom is -0.480 e. The molecule has 0 aromatic heterocycles. The summed E-state index contributed by atoms with van der Waals surface area (Å²) in [7, 11) is 1.43. The average molecular weight is 229 g/mol. The third-order valence-corrected chi connectivity index (χ3v) is 1.69. The fraction of sp³-hybridized carbons (Fsp3) is 0.444. The number of aliphatic carboxylic acids is 1. The van der Waals surface area contributed by atoms with Gasteiger partial charge in [0.25, 0.3) is 0 Å². The van der Waals surface area contributed by atoms with Gasteiger partial charge in [-0.1, -0.05) is 6.08 Å². The lowest BCUT2D eigenvalue weighted by Gasteiger charge is -2.12. The Balaban J connectivity index is 4.04. The van der Waals surface area contributed by atoms with Gasteiger partial charge in [-0.2, -0.15) is 0 Å². The van der Waals surface area contributed by atoms with E-state index in [2.05, 4.69) is 22.5 Å². The van der Waals surface area contributed by atoms with Crippen LogP contribution < -0.4 is 16.0 Å². The van der Waals surface area contributed by atoms with E-state index in [4.69, 9.17) is 5.11 Å². The SMILES string of the molecule is C=CCC(NC(=O)NCC(=O)NC)C(=O)O. The Morgan fingerprint density at radius 3 is 2.50 bits per heavy atom. The Labute approximate surface area is 92.9 Å². The van der Waals surface area contributed by atoms with Crippen LogP contribution in [0, 0.1) is 0 Å². The Bertz CT molecular complexity index is 290. The molecule has 16 heavy (non-hydrogen) atoms. The van der Waals surface area contributed by atoms with E-state index in [0.717, 1.165) is 0 Å². The molecule has 1 unspecified atom stereocenters. The molecule has 4 N–H and O–H groups in total. The molecule has 0 saturated heterocycles. The van der Waals surface area contributed by atoms with Gasteiger partial charge in [-0.3, -0.25) is 4.79 Å². The average Bonchev–Trinajstić information content (AvgIpc) is 2.25. The van der Waals surface area contributed by atoms with E-state index < -0.39 is 18.0 Å². The molecular weight excluding hydrogens is 214 g/mol. The molecule has 0 aromatic carbocycles. The van der Waals surface area contributed by atoms with Crippen LogP contribution in [0.25, 0.3) is 0 Å². The third kappa shape index (κ3) is 5.63. The summed E-state index contributed by atoms with van der Waals surface area (Å²) in [6.45, 7) is 3.17. The van der Waals surface area contributed by atoms with Crippen LogP contribution in [0.3, 0.4) is 0 Å². The van der Waals surface area contributed by atoms with Crippen molar-refractivity contribution in [2.45, 2.75) is 12.5 Å². The Morgan fingerprint density at radius 2 is 2.06 bits per heavy atom. The molecule has 0 spiro atoms. The molecule has 0 radical (unpaired) electrons. The Hall–Kier alpha value is -2.05. The Kier molecular flexibility index (Phi) is 6.34. The highest BCUT2D eigenvalue weighted by Gasteiger charge is 2.18. The van der Waals surface area contributed by atoms with E-state index in [9.17, 15) is 14.4 Å². The zero-order valence-corrected chi connectivity index (χ0v) is 8.95. The van der Waals surface area contributed by atoms with E-state index in [1.54, 1.807) is 0 Å². The maximum Gasteiger partial charge on any atom is 0.326 e. The molecule has 7 nitrogen and oxygen atoms in total. The van der Waals surface area contributed by atoms with Gasteiger partial charge < -0.3 is 21.1 Å². The van der Waals surface area contributed by atoms with Gasteiger partial charge in [-0.25, -0.2) is 9.59 Å². The third-order valence-electron chi connectivity index (χ3n) is 1.69. The van der Waals surface area contributed by atoms with E-state index in [0.29, 0.717) is 0 Å². The van der Waals surface area contributed by atoms with Gasteiger partial charge >= 0.3 is 12.0 Å². The number of urea groups is 1. The number of carbonyl (C=O) groups is 3. The van der Waals surface area contributed by atoms with Crippen LogP contribution in [0.5, 0.6) is 0 Å². The lowest BCUT2D eigenvalue weighted by Crippen LogP contribution is -2.47. The number of hydrogen-bond acceptors (Lipinski definition) is 3. The highest BCUT2D eigenvalue weighted by molar-refractivity contribution is 5.86. The molecule has 0 aliphatic heterocycles. The molecule has 7 heteroatoms. The van der Waals surface area contributed by atoms with E-state index >= 15 is 0 Å². The molecular formula is C9H15N3O4. The minimum atomic E-state index is -1.16. The van der Waals surface area contributed by atoms with Crippen molar-refractivity contribution < 1.29 is 19.5 Å². The van der Waals surface area contributed by atoms with Crippen molar-refractivity contribution in [1.82, 2.24) is 16.0 Å². The summed E-state index contributed by atoms with van der Waals surface area (Å²) in [6.07, 6.45) is 1.50. The van der Waals surface area contributed by atoms with E-state index in [1.165, 1.54) is 13.1 Å². The number of nitrogens with one attached hydrogen (secondary N) is 3. The van der Waals surface area contributed by atoms with Crippen LogP contribution in [0.4, 0.5) is 4.79 Å². The van der Waals surface area contributed by atoms with E-state index in [-0.39, 0.29) is 18.9 Å². The number of rotatable bonds is 6. The first-order chi connectivity index (χ1) is 7.51. The van der Waals surface area contributed by atoms with Crippen LogP contribution in [-0.2, 0) is 9.59 Å². The predicted molar refractivity (Wildman–Crippen MR) is 56.8 cm³/mol. The molecule has 1 atom stereocenters. The summed E-state index contributed by atoms with van der Waals surface area (Å²) in [6, 6.07) is -1.75. The second kappa shape index (κ2) is 7.27. The van der Waals surface area contributed by atoms with Crippen LogP contribution in [-0.4, -0.2) is 42.6 Å². The zero-order valence-electron chi connectivity index (χ0n) is 8.95. The van der Waals surface area contributed by atoms with Crippen molar-refractivity contribution in [3.8, 4) is 0 Å². The molecule has 0 fully saturated rings. The number of amides is 3. The molecule has 0 heterocycles. The van der Waals surface area contributed by atoms with Gasteiger partial charge in [0.05, 0.1) is 6.54 Å². The van der Waals surface area contributed by atoms with Gasteiger partial charge in [0.2, 0.25) is 5.91 Å². The molecule has 0 rings (SSSR count). The van der Waals surface area contributed by atoms with Crippen molar-refractivity contribution in [3.05, 3.63) is 12.7 Å². The van der Waals surface area contributed by atoms with Gasteiger partial charge in [-0.15, -0.1) is 6.58 Å². The topological polar surface area (TPSA) is 108 Å². The van der Waals surface area contributed by atoms with Gasteiger partial charge in [0, 0.05) is 7.05 Å². The lowest BCUT2D eigenvalue weighted by atomic mass is 10.2. The second-order valence-corrected chi connectivity index (χ2v) is 2.92.